The van der Waals surface area contributed by atoms with E-state index in [-0.39, 0.29) is 28.2 Å². The van der Waals surface area contributed by atoms with Gasteiger partial charge in [-0.05, 0) is 89.7 Å². The quantitative estimate of drug-likeness (QED) is 0.287. The summed E-state index contributed by atoms with van der Waals surface area (Å²) in [6, 6.07) is 11.7. The molecular formula is C32H40N2O4S. The van der Waals surface area contributed by atoms with Gasteiger partial charge in [-0.2, -0.15) is 0 Å². The van der Waals surface area contributed by atoms with Crippen LogP contribution in [0.5, 0.6) is 0 Å². The van der Waals surface area contributed by atoms with Crippen LogP contribution in [-0.4, -0.2) is 28.7 Å². The number of carboxylic acid groups (broad SMARTS) is 1. The van der Waals surface area contributed by atoms with Gasteiger partial charge in [-0.1, -0.05) is 54.3 Å². The van der Waals surface area contributed by atoms with Crippen LogP contribution in [0.2, 0.25) is 0 Å². The van der Waals surface area contributed by atoms with Crippen molar-refractivity contribution in [3.63, 3.8) is 0 Å². The molecule has 0 atom stereocenters. The van der Waals surface area contributed by atoms with Crippen LogP contribution in [0.1, 0.15) is 99.2 Å². The van der Waals surface area contributed by atoms with Gasteiger partial charge in [0.15, 0.2) is 0 Å². The Balaban J connectivity index is 1.56. The molecule has 1 aromatic carbocycles. The van der Waals surface area contributed by atoms with Gasteiger partial charge in [0.25, 0.3) is 0 Å². The Morgan fingerprint density at radius 1 is 1.08 bits per heavy atom. The lowest BCUT2D eigenvalue weighted by molar-refractivity contribution is -0.124. The molecule has 1 aromatic heterocycles. The zero-order valence-electron chi connectivity index (χ0n) is 23.5. The third kappa shape index (κ3) is 7.95. The van der Waals surface area contributed by atoms with Crippen LogP contribution in [0.4, 0.5) is 5.69 Å². The summed E-state index contributed by atoms with van der Waals surface area (Å²) in [6.45, 7) is 8.74. The highest BCUT2D eigenvalue weighted by Gasteiger charge is 2.37. The van der Waals surface area contributed by atoms with E-state index in [1.54, 1.807) is 0 Å². The van der Waals surface area contributed by atoms with Crippen LogP contribution in [0.3, 0.4) is 0 Å². The summed E-state index contributed by atoms with van der Waals surface area (Å²) in [7, 11) is 0. The van der Waals surface area contributed by atoms with Gasteiger partial charge >= 0.3 is 5.97 Å². The highest BCUT2D eigenvalue weighted by atomic mass is 32.1. The summed E-state index contributed by atoms with van der Waals surface area (Å²) in [5.74, 6) is 5.96. The molecule has 0 radical (unpaired) electrons. The number of nitrogens with zero attached hydrogens (tertiary/aromatic N) is 2. The van der Waals surface area contributed by atoms with Crippen molar-refractivity contribution in [1.29, 1.82) is 0 Å². The average Bonchev–Trinajstić information content (AvgIpc) is 3.33. The Bertz CT molecular complexity index is 1230. The fraction of sp³-hybridized carbons (Fsp3) is 0.531. The Morgan fingerprint density at radius 3 is 2.36 bits per heavy atom. The van der Waals surface area contributed by atoms with Crippen LogP contribution in [0.25, 0.3) is 0 Å². The monoisotopic (exact) mass is 548 g/mol. The number of carboxylic acids is 1. The normalized spacial score (nSPS) is 21.4. The second kappa shape index (κ2) is 12.8. The Hall–Kier alpha value is -3.11. The largest absolute Gasteiger partial charge is 0.477 e. The third-order valence-corrected chi connectivity index (χ3v) is 8.52. The molecule has 2 fully saturated rings. The van der Waals surface area contributed by atoms with Gasteiger partial charge in [0.05, 0.1) is 16.3 Å². The van der Waals surface area contributed by atoms with E-state index in [4.69, 9.17) is 4.84 Å². The predicted molar refractivity (Wildman–Crippen MR) is 157 cm³/mol. The number of amides is 1. The first-order valence-electron chi connectivity index (χ1n) is 14.1. The number of oxime groups is 1. The number of hydrogen-bond donors (Lipinski definition) is 1. The van der Waals surface area contributed by atoms with E-state index in [2.05, 4.69) is 23.9 Å². The maximum absolute atomic E-state index is 14.1. The van der Waals surface area contributed by atoms with Crippen molar-refractivity contribution < 1.29 is 19.5 Å². The molecule has 0 unspecified atom stereocenters. The van der Waals surface area contributed by atoms with Crippen molar-refractivity contribution in [3.05, 3.63) is 51.7 Å². The SMILES string of the molecule is CC1CCC(C(=O)N(c2cc(C#CC(C)(C)C)sc2C(=O)O)C2CCC(=NOCc3ccccc3)CC2)CC1. The minimum Gasteiger partial charge on any atom is -0.477 e. The number of carbonyl (C=O) groups excluding carboxylic acids is 1. The number of carbonyl (C=O) groups is 2. The molecule has 1 N–H and O–H groups in total. The summed E-state index contributed by atoms with van der Waals surface area (Å²) < 4.78 is 0. The first-order valence-corrected chi connectivity index (χ1v) is 14.9. The molecule has 2 saturated carbocycles. The summed E-state index contributed by atoms with van der Waals surface area (Å²) in [5, 5.41) is 14.5. The van der Waals surface area contributed by atoms with Crippen LogP contribution in [0.15, 0.2) is 41.6 Å². The zero-order chi connectivity index (χ0) is 28.0. The minimum atomic E-state index is -1.01. The highest BCUT2D eigenvalue weighted by molar-refractivity contribution is 7.15. The number of aromatic carboxylic acids is 1. The van der Waals surface area contributed by atoms with E-state index < -0.39 is 5.97 Å². The lowest BCUT2D eigenvalue weighted by Crippen LogP contribution is -2.46. The summed E-state index contributed by atoms with van der Waals surface area (Å²) in [6.07, 6.45) is 6.65. The summed E-state index contributed by atoms with van der Waals surface area (Å²) >= 11 is 1.16. The number of thiophene rings is 1. The fourth-order valence-electron chi connectivity index (χ4n) is 5.28. The topological polar surface area (TPSA) is 79.2 Å². The van der Waals surface area contributed by atoms with Crippen molar-refractivity contribution in [2.75, 3.05) is 4.90 Å². The molecule has 0 spiro atoms. The van der Waals surface area contributed by atoms with E-state index in [0.717, 1.165) is 61.1 Å². The van der Waals surface area contributed by atoms with E-state index in [9.17, 15) is 14.7 Å². The van der Waals surface area contributed by atoms with Gasteiger partial charge in [-0.25, -0.2) is 4.79 Å². The van der Waals surface area contributed by atoms with E-state index >= 15 is 0 Å². The Kier molecular flexibility index (Phi) is 9.50. The molecule has 1 heterocycles. The maximum atomic E-state index is 14.1. The van der Waals surface area contributed by atoms with Crippen LogP contribution < -0.4 is 4.90 Å². The molecule has 2 aliphatic carbocycles. The van der Waals surface area contributed by atoms with Crippen molar-refractivity contribution >= 4 is 34.6 Å². The number of hydrogen-bond acceptors (Lipinski definition) is 5. The summed E-state index contributed by atoms with van der Waals surface area (Å²) in [5.41, 5.74) is 2.35. The molecule has 2 aromatic rings. The molecule has 7 heteroatoms. The van der Waals surface area contributed by atoms with Gasteiger partial charge in [0, 0.05) is 17.4 Å². The van der Waals surface area contributed by atoms with Crippen LogP contribution in [0, 0.1) is 29.1 Å². The predicted octanol–water partition coefficient (Wildman–Crippen LogP) is 7.52. The van der Waals surface area contributed by atoms with Gasteiger partial charge in [0.2, 0.25) is 5.91 Å². The number of benzene rings is 1. The fourth-order valence-corrected chi connectivity index (χ4v) is 6.12. The Morgan fingerprint density at radius 2 is 1.74 bits per heavy atom. The lowest BCUT2D eigenvalue weighted by atomic mass is 9.81. The van der Waals surface area contributed by atoms with Crippen molar-refractivity contribution in [3.8, 4) is 11.8 Å². The molecule has 0 bridgehead atoms. The van der Waals surface area contributed by atoms with E-state index in [1.165, 1.54) is 0 Å². The van der Waals surface area contributed by atoms with Crippen molar-refractivity contribution in [2.45, 2.75) is 91.7 Å². The Labute approximate surface area is 236 Å². The van der Waals surface area contributed by atoms with Gasteiger partial charge in [-0.15, -0.1) is 11.3 Å². The molecule has 6 nitrogen and oxygen atoms in total. The first kappa shape index (κ1) is 28.9. The van der Waals surface area contributed by atoms with Crippen molar-refractivity contribution in [1.82, 2.24) is 0 Å². The summed E-state index contributed by atoms with van der Waals surface area (Å²) in [4.78, 5) is 34.7. The first-order chi connectivity index (χ1) is 18.6. The number of anilines is 1. The standard InChI is InChI=1S/C32H40N2O4S/c1-22-10-12-24(13-11-22)30(35)34(28-20-27(18-19-32(2,3)4)39-29(28)31(36)37)26-16-14-25(15-17-26)33-38-21-23-8-6-5-7-9-23/h5-9,20,22,24,26H,10-17,21H2,1-4H3,(H,36,37). The molecule has 0 saturated heterocycles. The van der Waals surface area contributed by atoms with Gasteiger partial charge in [0.1, 0.15) is 11.5 Å². The van der Waals surface area contributed by atoms with Crippen LogP contribution in [-0.2, 0) is 16.2 Å². The molecule has 208 valence electrons. The molecule has 1 amide bonds. The molecule has 0 aliphatic heterocycles. The molecule has 4 rings (SSSR count). The van der Waals surface area contributed by atoms with Crippen molar-refractivity contribution in [2.24, 2.45) is 22.4 Å². The number of rotatable bonds is 7. The van der Waals surface area contributed by atoms with E-state index in [0.29, 0.717) is 35.9 Å². The molecular weight excluding hydrogens is 508 g/mol. The second-order valence-electron chi connectivity index (χ2n) is 11.9. The zero-order valence-corrected chi connectivity index (χ0v) is 24.4. The smallest absolute Gasteiger partial charge is 0.348 e. The van der Waals surface area contributed by atoms with Gasteiger partial charge < -0.3 is 14.8 Å². The third-order valence-electron chi connectivity index (χ3n) is 7.49. The van der Waals surface area contributed by atoms with Gasteiger partial charge in [-0.3, -0.25) is 4.79 Å². The minimum absolute atomic E-state index is 0.0586. The highest BCUT2D eigenvalue weighted by Crippen LogP contribution is 2.38. The molecule has 2 aliphatic rings. The average molecular weight is 549 g/mol. The maximum Gasteiger partial charge on any atom is 0.348 e. The van der Waals surface area contributed by atoms with E-state index in [1.807, 2.05) is 62.1 Å². The van der Waals surface area contributed by atoms with Crippen LogP contribution >= 0.6 is 11.3 Å². The lowest BCUT2D eigenvalue weighted by Gasteiger charge is -2.38. The molecule has 39 heavy (non-hydrogen) atoms. The second-order valence-corrected chi connectivity index (χ2v) is 13.0.